The summed E-state index contributed by atoms with van der Waals surface area (Å²) in [6, 6.07) is 1.87. The summed E-state index contributed by atoms with van der Waals surface area (Å²) in [6.07, 6.45) is 4.41. The zero-order valence-corrected chi connectivity index (χ0v) is 17.5. The second kappa shape index (κ2) is 6.34. The van der Waals surface area contributed by atoms with Crippen LogP contribution in [-0.4, -0.2) is 51.7 Å². The van der Waals surface area contributed by atoms with E-state index in [0.717, 1.165) is 40.7 Å². The van der Waals surface area contributed by atoms with Crippen LogP contribution in [0.15, 0.2) is 25.0 Å². The van der Waals surface area contributed by atoms with Crippen LogP contribution in [-0.2, 0) is 4.74 Å². The fourth-order valence-electron chi connectivity index (χ4n) is 3.97. The van der Waals surface area contributed by atoms with Gasteiger partial charge < -0.3 is 14.5 Å². The number of aromatic nitrogens is 2. The number of carbonyl (C=O) groups is 1. The molecule has 0 bridgehead atoms. The van der Waals surface area contributed by atoms with Gasteiger partial charge in [0.2, 0.25) is 0 Å². The van der Waals surface area contributed by atoms with E-state index in [0.29, 0.717) is 18.2 Å². The summed E-state index contributed by atoms with van der Waals surface area (Å²) < 4.78 is 5.49. The van der Waals surface area contributed by atoms with Gasteiger partial charge >= 0.3 is 6.09 Å². The largest absolute Gasteiger partial charge is 0.444 e. The lowest BCUT2D eigenvalue weighted by Crippen LogP contribution is -2.78. The smallest absolute Gasteiger partial charge is 0.410 e. The Kier molecular flexibility index (Phi) is 4.30. The van der Waals surface area contributed by atoms with E-state index >= 15 is 0 Å². The molecule has 148 valence electrons. The van der Waals surface area contributed by atoms with Crippen molar-refractivity contribution < 1.29 is 9.53 Å². The number of amides is 1. The topological polar surface area (TPSA) is 58.6 Å². The number of carbonyl (C=O) groups excluding carboxylic acids is 1. The quantitative estimate of drug-likeness (QED) is 0.694. The first-order valence-corrected chi connectivity index (χ1v) is 9.83. The SMILES string of the molecule is C=C(C)c1cnc(N2CCC23CN(C(=O)OC(C)(C)C)C3)c2cnc(Cl)cc12. The monoisotopic (exact) mass is 400 g/mol. The molecule has 0 N–H and O–H groups in total. The van der Waals surface area contributed by atoms with Gasteiger partial charge in [-0.25, -0.2) is 14.8 Å². The van der Waals surface area contributed by atoms with Crippen molar-refractivity contribution in [3.63, 3.8) is 0 Å². The molecule has 2 aliphatic rings. The molecule has 6 nitrogen and oxygen atoms in total. The number of hydrogen-bond donors (Lipinski definition) is 0. The molecule has 1 spiro atoms. The van der Waals surface area contributed by atoms with Gasteiger partial charge in [-0.1, -0.05) is 18.2 Å². The third-order valence-corrected chi connectivity index (χ3v) is 5.64. The summed E-state index contributed by atoms with van der Waals surface area (Å²) in [4.78, 5) is 25.4. The lowest BCUT2D eigenvalue weighted by Gasteiger charge is -2.62. The van der Waals surface area contributed by atoms with Gasteiger partial charge in [-0.2, -0.15) is 0 Å². The number of allylic oxidation sites excluding steroid dienone is 1. The highest BCUT2D eigenvalue weighted by molar-refractivity contribution is 6.30. The van der Waals surface area contributed by atoms with Crippen molar-refractivity contribution in [3.05, 3.63) is 35.8 Å². The van der Waals surface area contributed by atoms with Crippen LogP contribution >= 0.6 is 11.6 Å². The number of fused-ring (bicyclic) bond motifs is 1. The first-order valence-electron chi connectivity index (χ1n) is 9.45. The Labute approximate surface area is 170 Å². The zero-order chi connectivity index (χ0) is 20.3. The van der Waals surface area contributed by atoms with Crippen molar-refractivity contribution in [2.75, 3.05) is 24.5 Å². The van der Waals surface area contributed by atoms with Gasteiger partial charge in [0, 0.05) is 43.0 Å². The van der Waals surface area contributed by atoms with E-state index in [1.165, 1.54) is 0 Å². The van der Waals surface area contributed by atoms with Crippen molar-refractivity contribution in [2.45, 2.75) is 45.3 Å². The van der Waals surface area contributed by atoms with Crippen LogP contribution in [0.2, 0.25) is 5.15 Å². The molecule has 0 aromatic carbocycles. The van der Waals surface area contributed by atoms with E-state index in [4.69, 9.17) is 21.3 Å². The van der Waals surface area contributed by atoms with Crippen LogP contribution in [0, 0.1) is 0 Å². The van der Waals surface area contributed by atoms with Crippen molar-refractivity contribution in [1.82, 2.24) is 14.9 Å². The molecule has 4 heterocycles. The Morgan fingerprint density at radius 1 is 1.25 bits per heavy atom. The molecule has 2 saturated heterocycles. The van der Waals surface area contributed by atoms with Crippen molar-refractivity contribution in [2.24, 2.45) is 0 Å². The van der Waals surface area contributed by atoms with Crippen LogP contribution in [0.3, 0.4) is 0 Å². The summed E-state index contributed by atoms with van der Waals surface area (Å²) in [6.45, 7) is 13.9. The van der Waals surface area contributed by atoms with Crippen molar-refractivity contribution in [1.29, 1.82) is 0 Å². The van der Waals surface area contributed by atoms with Gasteiger partial charge in [-0.05, 0) is 51.1 Å². The molecule has 1 amide bonds. The van der Waals surface area contributed by atoms with E-state index in [9.17, 15) is 4.79 Å². The molecule has 2 aliphatic heterocycles. The number of rotatable bonds is 2. The molecule has 0 unspecified atom stereocenters. The molecule has 0 radical (unpaired) electrons. The number of likely N-dealkylation sites (tertiary alicyclic amines) is 1. The van der Waals surface area contributed by atoms with Crippen LogP contribution in [0.25, 0.3) is 16.3 Å². The zero-order valence-electron chi connectivity index (χ0n) is 16.8. The summed E-state index contributed by atoms with van der Waals surface area (Å²) in [5.74, 6) is 0.888. The predicted molar refractivity (Wildman–Crippen MR) is 112 cm³/mol. The minimum absolute atomic E-state index is 0.0682. The number of ether oxygens (including phenoxy) is 1. The normalized spacial score (nSPS) is 18.0. The minimum atomic E-state index is -0.486. The predicted octanol–water partition coefficient (Wildman–Crippen LogP) is 4.52. The maximum atomic E-state index is 12.3. The van der Waals surface area contributed by atoms with Crippen LogP contribution < -0.4 is 4.90 Å². The summed E-state index contributed by atoms with van der Waals surface area (Å²) in [7, 11) is 0. The number of hydrogen-bond acceptors (Lipinski definition) is 5. The first kappa shape index (κ1) is 19.0. The molecule has 2 aromatic rings. The molecule has 4 rings (SSSR count). The van der Waals surface area contributed by atoms with Gasteiger partial charge in [0.15, 0.2) is 0 Å². The lowest BCUT2D eigenvalue weighted by atomic mass is 9.77. The molecule has 28 heavy (non-hydrogen) atoms. The van der Waals surface area contributed by atoms with Crippen LogP contribution in [0.5, 0.6) is 0 Å². The van der Waals surface area contributed by atoms with E-state index < -0.39 is 5.60 Å². The second-order valence-corrected chi connectivity index (χ2v) is 9.18. The van der Waals surface area contributed by atoms with Gasteiger partial charge in [0.25, 0.3) is 0 Å². The van der Waals surface area contributed by atoms with Gasteiger partial charge in [-0.15, -0.1) is 0 Å². The van der Waals surface area contributed by atoms with Gasteiger partial charge in [0.1, 0.15) is 16.6 Å². The lowest BCUT2D eigenvalue weighted by molar-refractivity contribution is -0.0222. The molecule has 7 heteroatoms. The average molecular weight is 401 g/mol. The summed E-state index contributed by atoms with van der Waals surface area (Å²) in [5.41, 5.74) is 1.35. The average Bonchev–Trinajstić information content (AvgIpc) is 2.50. The Morgan fingerprint density at radius 3 is 2.54 bits per heavy atom. The molecular formula is C21H25ClN4O2. The Bertz CT molecular complexity index is 976. The van der Waals surface area contributed by atoms with Gasteiger partial charge in [-0.3, -0.25) is 0 Å². The standard InChI is InChI=1S/C21H25ClN4O2/c1-13(2)15-9-24-18(16-10-23-17(22)8-14(15)16)26-7-6-21(26)11-25(12-21)19(27)28-20(3,4)5/h8-10H,1,6-7,11-12H2,2-5H3. The Balaban J connectivity index is 1.61. The molecule has 0 atom stereocenters. The van der Waals surface area contributed by atoms with Crippen molar-refractivity contribution >= 4 is 39.9 Å². The second-order valence-electron chi connectivity index (χ2n) is 8.79. The summed E-state index contributed by atoms with van der Waals surface area (Å²) in [5, 5.41) is 2.41. The number of anilines is 1. The van der Waals surface area contributed by atoms with E-state index in [2.05, 4.69) is 16.5 Å². The third-order valence-electron chi connectivity index (χ3n) is 5.43. The van der Waals surface area contributed by atoms with Crippen molar-refractivity contribution in [3.8, 4) is 0 Å². The number of halogens is 1. The molecule has 0 aliphatic carbocycles. The highest BCUT2D eigenvalue weighted by Crippen LogP contribution is 2.44. The molecular weight excluding hydrogens is 376 g/mol. The van der Waals surface area contributed by atoms with Gasteiger partial charge in [0.05, 0.1) is 5.54 Å². The fraction of sp³-hybridized carbons (Fsp3) is 0.476. The van der Waals surface area contributed by atoms with Crippen LogP contribution in [0.4, 0.5) is 10.6 Å². The van der Waals surface area contributed by atoms with E-state index in [-0.39, 0.29) is 11.6 Å². The highest BCUT2D eigenvalue weighted by Gasteiger charge is 2.56. The van der Waals surface area contributed by atoms with E-state index in [1.807, 2.05) is 40.0 Å². The third kappa shape index (κ3) is 3.09. The molecule has 0 saturated carbocycles. The summed E-state index contributed by atoms with van der Waals surface area (Å²) >= 11 is 6.14. The maximum Gasteiger partial charge on any atom is 0.410 e. The maximum absolute atomic E-state index is 12.3. The minimum Gasteiger partial charge on any atom is -0.444 e. The number of nitrogens with zero attached hydrogens (tertiary/aromatic N) is 4. The highest BCUT2D eigenvalue weighted by atomic mass is 35.5. The fourth-order valence-corrected chi connectivity index (χ4v) is 4.13. The Morgan fingerprint density at radius 2 is 1.96 bits per heavy atom. The molecule has 2 aromatic heterocycles. The molecule has 2 fully saturated rings. The Hall–Kier alpha value is -2.34. The van der Waals surface area contributed by atoms with Crippen LogP contribution in [0.1, 0.15) is 39.7 Å². The van der Waals surface area contributed by atoms with E-state index in [1.54, 1.807) is 11.1 Å². The number of pyridine rings is 2. The first-order chi connectivity index (χ1) is 13.1.